The van der Waals surface area contributed by atoms with E-state index in [0.29, 0.717) is 29.0 Å². The molecule has 2 atom stereocenters. The number of allylic oxidation sites excluding steroid dienone is 3. The number of dihydropyridines is 1. The van der Waals surface area contributed by atoms with Gasteiger partial charge in [-0.2, -0.15) is 0 Å². The number of hydrogen-bond acceptors (Lipinski definition) is 5. The molecule has 0 radical (unpaired) electrons. The summed E-state index contributed by atoms with van der Waals surface area (Å²) in [6, 6.07) is 10.1. The zero-order valence-corrected chi connectivity index (χ0v) is 19.1. The number of nitrogens with one attached hydrogen (secondary N) is 1. The highest BCUT2D eigenvalue weighted by molar-refractivity contribution is 6.04. The lowest BCUT2D eigenvalue weighted by molar-refractivity contribution is -0.384. The molecular weight excluding hydrogens is 420 g/mol. The fraction of sp³-hybridized carbons (Fsp3) is 0.308. The number of Topliss-reactive ketones (excluding diaryl/α,β-unsaturated/α-hetero) is 1. The van der Waals surface area contributed by atoms with Crippen LogP contribution in [0.25, 0.3) is 0 Å². The van der Waals surface area contributed by atoms with Crippen molar-refractivity contribution in [2.75, 3.05) is 0 Å². The summed E-state index contributed by atoms with van der Waals surface area (Å²) in [7, 11) is 0. The molecule has 1 aliphatic heterocycles. The largest absolute Gasteiger partial charge is 0.478 e. The summed E-state index contributed by atoms with van der Waals surface area (Å²) in [6.07, 6.45) is 0.837. The first-order valence-corrected chi connectivity index (χ1v) is 10.9. The van der Waals surface area contributed by atoms with E-state index in [9.17, 15) is 24.8 Å². The van der Waals surface area contributed by atoms with Crippen molar-refractivity contribution in [2.45, 2.75) is 52.4 Å². The summed E-state index contributed by atoms with van der Waals surface area (Å²) in [5, 5.41) is 24.5. The number of carboxylic acid groups (broad SMARTS) is 1. The number of aliphatic carboxylic acids is 1. The average Bonchev–Trinajstić information content (AvgIpc) is 2.71. The summed E-state index contributed by atoms with van der Waals surface area (Å²) in [5.74, 6) is -2.15. The number of carbonyl (C=O) groups excluding carboxylic acids is 1. The zero-order chi connectivity index (χ0) is 24.0. The Labute approximate surface area is 192 Å². The molecule has 33 heavy (non-hydrogen) atoms. The van der Waals surface area contributed by atoms with Gasteiger partial charge in [-0.05, 0) is 62.3 Å². The number of hydrogen-bond donors (Lipinski definition) is 2. The molecule has 0 amide bonds. The second-order valence-electron chi connectivity index (χ2n) is 8.99. The van der Waals surface area contributed by atoms with Gasteiger partial charge in [0.1, 0.15) is 0 Å². The second kappa shape index (κ2) is 8.31. The van der Waals surface area contributed by atoms with Crippen LogP contribution in [0.15, 0.2) is 58.9 Å². The molecule has 0 fully saturated rings. The molecule has 2 aliphatic rings. The zero-order valence-electron chi connectivity index (χ0n) is 19.1. The Bertz CT molecular complexity index is 1250. The number of ketones is 1. The maximum absolute atomic E-state index is 13.5. The van der Waals surface area contributed by atoms with Crippen molar-refractivity contribution in [1.82, 2.24) is 5.32 Å². The molecule has 0 saturated heterocycles. The van der Waals surface area contributed by atoms with Gasteiger partial charge in [-0.3, -0.25) is 14.9 Å². The number of nitro benzene ring substituents is 1. The van der Waals surface area contributed by atoms with E-state index in [2.05, 4.69) is 31.3 Å². The lowest BCUT2D eigenvalue weighted by atomic mass is 9.70. The van der Waals surface area contributed by atoms with Crippen LogP contribution >= 0.6 is 0 Å². The third kappa shape index (κ3) is 3.95. The summed E-state index contributed by atoms with van der Waals surface area (Å²) >= 11 is 0. The summed E-state index contributed by atoms with van der Waals surface area (Å²) in [4.78, 5) is 36.5. The van der Waals surface area contributed by atoms with Gasteiger partial charge in [0.2, 0.25) is 0 Å². The molecule has 2 aromatic rings. The SMILES string of the molecule is CC1=C(C(=O)O)C(c2cccc([N+](=O)[O-])c2)C2=C(CC(c3c(C)cc(C)cc3C)CC2=O)N1. The molecule has 2 N–H and O–H groups in total. The average molecular weight is 447 g/mol. The first-order chi connectivity index (χ1) is 15.6. The summed E-state index contributed by atoms with van der Waals surface area (Å²) < 4.78 is 0. The number of nitro groups is 1. The van der Waals surface area contributed by atoms with Crippen molar-refractivity contribution < 1.29 is 19.6 Å². The quantitative estimate of drug-likeness (QED) is 0.507. The molecule has 0 spiro atoms. The van der Waals surface area contributed by atoms with Gasteiger partial charge >= 0.3 is 5.97 Å². The predicted molar refractivity (Wildman–Crippen MR) is 124 cm³/mol. The van der Waals surface area contributed by atoms with E-state index in [1.165, 1.54) is 23.8 Å². The minimum Gasteiger partial charge on any atom is -0.478 e. The van der Waals surface area contributed by atoms with Crippen LogP contribution in [0.5, 0.6) is 0 Å². The van der Waals surface area contributed by atoms with Crippen molar-refractivity contribution in [1.29, 1.82) is 0 Å². The van der Waals surface area contributed by atoms with Crippen molar-refractivity contribution in [2.24, 2.45) is 0 Å². The van der Waals surface area contributed by atoms with E-state index in [4.69, 9.17) is 0 Å². The smallest absolute Gasteiger partial charge is 0.334 e. The predicted octanol–water partition coefficient (Wildman–Crippen LogP) is 4.97. The second-order valence-corrected chi connectivity index (χ2v) is 8.99. The Morgan fingerprint density at radius 2 is 1.76 bits per heavy atom. The minimum absolute atomic E-state index is 0.0192. The fourth-order valence-electron chi connectivity index (χ4n) is 5.51. The standard InChI is InChI=1S/C26H26N2O5/c1-13-8-14(2)22(15(3)9-13)18-11-20-25(21(29)12-18)24(23(26(30)31)16(4)27-20)17-6-5-7-19(10-17)28(32)33/h5-10,18,24,27H,11-12H2,1-4H3,(H,30,31). The lowest BCUT2D eigenvalue weighted by Gasteiger charge is -2.37. The number of benzene rings is 2. The Morgan fingerprint density at radius 3 is 2.36 bits per heavy atom. The van der Waals surface area contributed by atoms with Gasteiger partial charge in [0, 0.05) is 41.4 Å². The van der Waals surface area contributed by atoms with E-state index in [1.807, 2.05) is 6.92 Å². The number of nitrogens with zero attached hydrogens (tertiary/aromatic N) is 1. The topological polar surface area (TPSA) is 110 Å². The lowest BCUT2D eigenvalue weighted by Crippen LogP contribution is -2.35. The van der Waals surface area contributed by atoms with Crippen LogP contribution in [0.1, 0.15) is 59.4 Å². The van der Waals surface area contributed by atoms with E-state index >= 15 is 0 Å². The normalized spacial score (nSPS) is 20.4. The van der Waals surface area contributed by atoms with E-state index in [0.717, 1.165) is 16.7 Å². The molecule has 0 bridgehead atoms. The van der Waals surface area contributed by atoms with E-state index < -0.39 is 16.8 Å². The van der Waals surface area contributed by atoms with Crippen LogP contribution in [-0.4, -0.2) is 21.8 Å². The number of rotatable bonds is 4. The van der Waals surface area contributed by atoms with Gasteiger partial charge in [-0.25, -0.2) is 4.79 Å². The molecule has 2 unspecified atom stereocenters. The highest BCUT2D eigenvalue weighted by Gasteiger charge is 2.41. The molecule has 0 aromatic heterocycles. The van der Waals surface area contributed by atoms with Crippen molar-refractivity contribution in [3.05, 3.63) is 96.9 Å². The molecule has 7 nitrogen and oxygen atoms in total. The van der Waals surface area contributed by atoms with Crippen molar-refractivity contribution >= 4 is 17.4 Å². The fourth-order valence-corrected chi connectivity index (χ4v) is 5.51. The number of non-ortho nitro benzene ring substituents is 1. The van der Waals surface area contributed by atoms with Gasteiger partial charge in [0.25, 0.3) is 5.69 Å². The molecule has 1 heterocycles. The van der Waals surface area contributed by atoms with Crippen LogP contribution in [0.2, 0.25) is 0 Å². The third-order valence-electron chi connectivity index (χ3n) is 6.62. The number of carbonyl (C=O) groups is 2. The van der Waals surface area contributed by atoms with Crippen molar-refractivity contribution in [3.8, 4) is 0 Å². The Balaban J connectivity index is 1.84. The van der Waals surface area contributed by atoms with Crippen molar-refractivity contribution in [3.63, 3.8) is 0 Å². The van der Waals surface area contributed by atoms with Gasteiger partial charge in [0.05, 0.1) is 10.5 Å². The molecular formula is C26H26N2O5. The first-order valence-electron chi connectivity index (χ1n) is 10.9. The van der Waals surface area contributed by atoms with Crippen LogP contribution in [0.3, 0.4) is 0 Å². The third-order valence-corrected chi connectivity index (χ3v) is 6.62. The molecule has 1 aliphatic carbocycles. The van der Waals surface area contributed by atoms with Gasteiger partial charge < -0.3 is 10.4 Å². The first kappa shape index (κ1) is 22.5. The number of aryl methyl sites for hydroxylation is 3. The molecule has 0 saturated carbocycles. The Kier molecular flexibility index (Phi) is 5.66. The van der Waals surface area contributed by atoms with Crippen LogP contribution in [0.4, 0.5) is 5.69 Å². The summed E-state index contributed by atoms with van der Waals surface area (Å²) in [5.41, 5.74) is 6.49. The Hall–Kier alpha value is -3.74. The van der Waals surface area contributed by atoms with Crippen LogP contribution in [-0.2, 0) is 9.59 Å². The van der Waals surface area contributed by atoms with Crippen LogP contribution in [0, 0.1) is 30.9 Å². The molecule has 7 heteroatoms. The van der Waals surface area contributed by atoms with E-state index in [-0.39, 0.29) is 29.4 Å². The van der Waals surface area contributed by atoms with Crippen LogP contribution < -0.4 is 5.32 Å². The monoisotopic (exact) mass is 446 g/mol. The number of carboxylic acids is 1. The minimum atomic E-state index is -1.15. The molecule has 4 rings (SSSR count). The Morgan fingerprint density at radius 1 is 1.09 bits per heavy atom. The van der Waals surface area contributed by atoms with Gasteiger partial charge in [0.15, 0.2) is 5.78 Å². The van der Waals surface area contributed by atoms with E-state index in [1.54, 1.807) is 13.0 Å². The highest BCUT2D eigenvalue weighted by atomic mass is 16.6. The maximum atomic E-state index is 13.5. The molecule has 2 aromatic carbocycles. The van der Waals surface area contributed by atoms with Gasteiger partial charge in [-0.1, -0.05) is 29.8 Å². The summed E-state index contributed by atoms with van der Waals surface area (Å²) in [6.45, 7) is 7.83. The maximum Gasteiger partial charge on any atom is 0.334 e. The van der Waals surface area contributed by atoms with Gasteiger partial charge in [-0.15, -0.1) is 0 Å². The highest BCUT2D eigenvalue weighted by Crippen LogP contribution is 2.46. The molecule has 170 valence electrons.